The van der Waals surface area contributed by atoms with Crippen LogP contribution in [0.5, 0.6) is 5.75 Å². The SMILES string of the molecule is CCOC(=O)c1ccc(N2C(=O)C(CCO)Oc3ccccc32)cc1C. The number of hydrogen-bond acceptors (Lipinski definition) is 5. The van der Waals surface area contributed by atoms with Crippen LogP contribution in [0.2, 0.25) is 0 Å². The first-order valence-electron chi connectivity index (χ1n) is 8.55. The Labute approximate surface area is 152 Å². The highest BCUT2D eigenvalue weighted by Gasteiger charge is 2.35. The normalized spacial score (nSPS) is 16.0. The molecule has 0 bridgehead atoms. The summed E-state index contributed by atoms with van der Waals surface area (Å²) in [5, 5.41) is 9.23. The lowest BCUT2D eigenvalue weighted by Gasteiger charge is -2.34. The molecule has 0 radical (unpaired) electrons. The van der Waals surface area contributed by atoms with Gasteiger partial charge in [-0.3, -0.25) is 9.69 Å². The second kappa shape index (κ2) is 7.58. The van der Waals surface area contributed by atoms with Gasteiger partial charge in [0.1, 0.15) is 5.75 Å². The van der Waals surface area contributed by atoms with Crippen molar-refractivity contribution in [3.63, 3.8) is 0 Å². The van der Waals surface area contributed by atoms with Crippen LogP contribution in [0.25, 0.3) is 0 Å². The van der Waals surface area contributed by atoms with Gasteiger partial charge in [-0.25, -0.2) is 4.79 Å². The molecule has 3 rings (SSSR count). The van der Waals surface area contributed by atoms with E-state index in [-0.39, 0.29) is 24.9 Å². The third-order valence-electron chi connectivity index (χ3n) is 4.23. The molecule has 1 aliphatic rings. The summed E-state index contributed by atoms with van der Waals surface area (Å²) in [6.07, 6.45) is -0.538. The molecular weight excluding hydrogens is 334 g/mol. The lowest BCUT2D eigenvalue weighted by molar-refractivity contribution is -0.126. The van der Waals surface area contributed by atoms with Gasteiger partial charge in [0.15, 0.2) is 6.10 Å². The second-order valence-corrected chi connectivity index (χ2v) is 5.98. The molecule has 26 heavy (non-hydrogen) atoms. The lowest BCUT2D eigenvalue weighted by atomic mass is 10.0. The standard InChI is InChI=1S/C20H21NO5/c1-3-25-20(24)15-9-8-14(12-13(15)2)21-16-6-4-5-7-17(16)26-18(10-11-22)19(21)23/h4-9,12,18,22H,3,10-11H2,1-2H3. The Hall–Kier alpha value is -2.86. The number of esters is 1. The van der Waals surface area contributed by atoms with Crippen LogP contribution >= 0.6 is 0 Å². The Morgan fingerprint density at radius 3 is 2.73 bits per heavy atom. The molecule has 136 valence electrons. The van der Waals surface area contributed by atoms with Gasteiger partial charge in [-0.05, 0) is 49.7 Å². The first kappa shape index (κ1) is 17.9. The van der Waals surface area contributed by atoms with Crippen molar-refractivity contribution in [3.8, 4) is 5.75 Å². The third-order valence-corrected chi connectivity index (χ3v) is 4.23. The minimum absolute atomic E-state index is 0.146. The number of carbonyl (C=O) groups excluding carboxylic acids is 2. The topological polar surface area (TPSA) is 76.1 Å². The van der Waals surface area contributed by atoms with Crippen molar-refractivity contribution in [1.29, 1.82) is 0 Å². The number of benzene rings is 2. The van der Waals surface area contributed by atoms with Crippen molar-refractivity contribution in [2.24, 2.45) is 0 Å². The van der Waals surface area contributed by atoms with Crippen LogP contribution in [-0.4, -0.2) is 36.3 Å². The van der Waals surface area contributed by atoms with E-state index in [1.165, 1.54) is 0 Å². The van der Waals surface area contributed by atoms with Crippen molar-refractivity contribution in [2.75, 3.05) is 18.1 Å². The Morgan fingerprint density at radius 2 is 2.04 bits per heavy atom. The second-order valence-electron chi connectivity index (χ2n) is 5.98. The molecule has 1 heterocycles. The van der Waals surface area contributed by atoms with Gasteiger partial charge in [0, 0.05) is 18.7 Å². The fraction of sp³-hybridized carbons (Fsp3) is 0.300. The maximum Gasteiger partial charge on any atom is 0.338 e. The van der Waals surface area contributed by atoms with E-state index in [0.29, 0.717) is 29.3 Å². The van der Waals surface area contributed by atoms with E-state index >= 15 is 0 Å². The first-order chi connectivity index (χ1) is 12.6. The molecule has 0 aliphatic carbocycles. The van der Waals surface area contributed by atoms with Gasteiger partial charge in [-0.1, -0.05) is 12.1 Å². The maximum absolute atomic E-state index is 12.9. The number of nitrogens with zero attached hydrogens (tertiary/aromatic N) is 1. The number of para-hydroxylation sites is 2. The molecule has 6 nitrogen and oxygen atoms in total. The van der Waals surface area contributed by atoms with Gasteiger partial charge in [-0.15, -0.1) is 0 Å². The lowest BCUT2D eigenvalue weighted by Crippen LogP contribution is -2.43. The summed E-state index contributed by atoms with van der Waals surface area (Å²) in [7, 11) is 0. The predicted molar refractivity (Wildman–Crippen MR) is 96.8 cm³/mol. The summed E-state index contributed by atoms with van der Waals surface area (Å²) in [6.45, 7) is 3.72. The molecule has 2 aromatic carbocycles. The van der Waals surface area contributed by atoms with Crippen molar-refractivity contribution < 1.29 is 24.2 Å². The van der Waals surface area contributed by atoms with Crippen molar-refractivity contribution in [3.05, 3.63) is 53.6 Å². The highest BCUT2D eigenvalue weighted by Crippen LogP contribution is 2.39. The molecule has 0 aromatic heterocycles. The van der Waals surface area contributed by atoms with Crippen LogP contribution in [-0.2, 0) is 9.53 Å². The van der Waals surface area contributed by atoms with E-state index in [4.69, 9.17) is 9.47 Å². The Morgan fingerprint density at radius 1 is 1.27 bits per heavy atom. The van der Waals surface area contributed by atoms with Crippen LogP contribution < -0.4 is 9.64 Å². The number of fused-ring (bicyclic) bond motifs is 1. The number of aliphatic hydroxyl groups excluding tert-OH is 1. The van der Waals surface area contributed by atoms with Gasteiger partial charge in [0.2, 0.25) is 0 Å². The van der Waals surface area contributed by atoms with E-state index < -0.39 is 6.10 Å². The number of aliphatic hydroxyl groups is 1. The molecule has 0 spiro atoms. The summed E-state index contributed by atoms with van der Waals surface area (Å²) < 4.78 is 10.8. The van der Waals surface area contributed by atoms with Crippen LogP contribution in [0.1, 0.15) is 29.3 Å². The van der Waals surface area contributed by atoms with E-state index in [0.717, 1.165) is 5.56 Å². The minimum Gasteiger partial charge on any atom is -0.478 e. The largest absolute Gasteiger partial charge is 0.478 e. The maximum atomic E-state index is 12.9. The first-order valence-corrected chi connectivity index (χ1v) is 8.55. The number of anilines is 2. The zero-order valence-electron chi connectivity index (χ0n) is 14.8. The molecule has 1 atom stereocenters. The van der Waals surface area contributed by atoms with Gasteiger partial charge < -0.3 is 14.6 Å². The average Bonchev–Trinajstić information content (AvgIpc) is 2.62. The smallest absolute Gasteiger partial charge is 0.338 e. The van der Waals surface area contributed by atoms with Crippen molar-refractivity contribution in [1.82, 2.24) is 0 Å². The number of hydrogen-bond donors (Lipinski definition) is 1. The number of rotatable bonds is 5. The molecule has 1 N–H and O–H groups in total. The zero-order valence-corrected chi connectivity index (χ0v) is 14.8. The van der Waals surface area contributed by atoms with E-state index in [1.54, 1.807) is 49.1 Å². The quantitative estimate of drug-likeness (QED) is 0.835. The third kappa shape index (κ3) is 3.28. The number of amides is 1. The molecule has 2 aromatic rings. The van der Waals surface area contributed by atoms with E-state index in [2.05, 4.69) is 0 Å². The van der Waals surface area contributed by atoms with E-state index in [9.17, 15) is 14.7 Å². The van der Waals surface area contributed by atoms with Gasteiger partial charge in [0.05, 0.1) is 17.9 Å². The zero-order chi connectivity index (χ0) is 18.7. The van der Waals surface area contributed by atoms with Gasteiger partial charge in [-0.2, -0.15) is 0 Å². The summed E-state index contributed by atoms with van der Waals surface area (Å²) in [5.74, 6) is -0.0536. The average molecular weight is 355 g/mol. The number of carbonyl (C=O) groups is 2. The van der Waals surface area contributed by atoms with Crippen molar-refractivity contribution >= 4 is 23.3 Å². The Bertz CT molecular complexity index is 833. The van der Waals surface area contributed by atoms with Crippen molar-refractivity contribution in [2.45, 2.75) is 26.4 Å². The summed E-state index contributed by atoms with van der Waals surface area (Å²) in [5.41, 5.74) is 2.46. The summed E-state index contributed by atoms with van der Waals surface area (Å²) >= 11 is 0. The monoisotopic (exact) mass is 355 g/mol. The molecule has 0 saturated carbocycles. The van der Waals surface area contributed by atoms with Gasteiger partial charge >= 0.3 is 5.97 Å². The number of ether oxygens (including phenoxy) is 2. The molecule has 0 saturated heterocycles. The molecule has 1 aliphatic heterocycles. The fourth-order valence-corrected chi connectivity index (χ4v) is 3.00. The molecule has 1 unspecified atom stereocenters. The highest BCUT2D eigenvalue weighted by atomic mass is 16.5. The fourth-order valence-electron chi connectivity index (χ4n) is 3.00. The minimum atomic E-state index is -0.750. The molecular formula is C20H21NO5. The van der Waals surface area contributed by atoms with E-state index in [1.807, 2.05) is 12.1 Å². The summed E-state index contributed by atoms with van der Waals surface area (Å²) in [4.78, 5) is 26.5. The van der Waals surface area contributed by atoms with Crippen LogP contribution in [0.4, 0.5) is 11.4 Å². The predicted octanol–water partition coefficient (Wildman–Crippen LogP) is 2.98. The highest BCUT2D eigenvalue weighted by molar-refractivity contribution is 6.06. The molecule has 1 amide bonds. The van der Waals surface area contributed by atoms with Gasteiger partial charge in [0.25, 0.3) is 5.91 Å². The molecule has 6 heteroatoms. The molecule has 0 fully saturated rings. The van der Waals surface area contributed by atoms with Crippen LogP contribution in [0.3, 0.4) is 0 Å². The Kier molecular flexibility index (Phi) is 5.23. The summed E-state index contributed by atoms with van der Waals surface area (Å²) in [6, 6.07) is 12.4. The number of aryl methyl sites for hydroxylation is 1. The van der Waals surface area contributed by atoms with Crippen LogP contribution in [0, 0.1) is 6.92 Å². The Balaban J connectivity index is 2.02. The van der Waals surface area contributed by atoms with Crippen LogP contribution in [0.15, 0.2) is 42.5 Å².